The van der Waals surface area contributed by atoms with Crippen molar-refractivity contribution in [1.82, 2.24) is 5.32 Å². The van der Waals surface area contributed by atoms with Crippen LogP contribution >= 0.6 is 0 Å². The van der Waals surface area contributed by atoms with Gasteiger partial charge < -0.3 is 5.32 Å². The van der Waals surface area contributed by atoms with Gasteiger partial charge in [-0.05, 0) is 29.7 Å². The number of carbonyl (C=O) groups is 1. The summed E-state index contributed by atoms with van der Waals surface area (Å²) < 4.78 is 12.6. The summed E-state index contributed by atoms with van der Waals surface area (Å²) >= 11 is 0. The molecule has 1 aromatic carbocycles. The van der Waals surface area contributed by atoms with E-state index in [0.29, 0.717) is 12.1 Å². The monoisotopic (exact) mass is 209 g/mol. The van der Waals surface area contributed by atoms with E-state index in [1.54, 1.807) is 0 Å². The lowest BCUT2D eigenvalue weighted by molar-refractivity contribution is 0.0939. The van der Waals surface area contributed by atoms with Gasteiger partial charge in [0.15, 0.2) is 0 Å². The van der Waals surface area contributed by atoms with Crippen LogP contribution in [0.1, 0.15) is 31.1 Å². The van der Waals surface area contributed by atoms with E-state index >= 15 is 0 Å². The Morgan fingerprint density at radius 2 is 1.80 bits per heavy atom. The van der Waals surface area contributed by atoms with Gasteiger partial charge in [-0.15, -0.1) is 0 Å². The van der Waals surface area contributed by atoms with Gasteiger partial charge >= 0.3 is 0 Å². The number of carbonyl (C=O) groups excluding carboxylic acids is 1. The van der Waals surface area contributed by atoms with Crippen LogP contribution in [0.15, 0.2) is 24.3 Å². The quantitative estimate of drug-likeness (QED) is 0.797. The molecule has 0 aliphatic carbocycles. The zero-order valence-corrected chi connectivity index (χ0v) is 9.30. The van der Waals surface area contributed by atoms with Crippen molar-refractivity contribution in [3.05, 3.63) is 35.6 Å². The number of hydrogen-bond acceptors (Lipinski definition) is 1. The molecule has 82 valence electrons. The number of halogens is 1. The van der Waals surface area contributed by atoms with Crippen LogP contribution in [0.2, 0.25) is 0 Å². The minimum Gasteiger partial charge on any atom is -0.352 e. The smallest absolute Gasteiger partial charge is 0.251 e. The van der Waals surface area contributed by atoms with Crippen LogP contribution in [0.4, 0.5) is 4.39 Å². The van der Waals surface area contributed by atoms with E-state index in [2.05, 4.69) is 5.32 Å². The average molecular weight is 209 g/mol. The summed E-state index contributed by atoms with van der Waals surface area (Å²) in [5, 5.41) is 2.80. The molecule has 3 heteroatoms. The maximum absolute atomic E-state index is 12.6. The molecule has 0 heterocycles. The van der Waals surface area contributed by atoms with Crippen molar-refractivity contribution in [1.29, 1.82) is 0 Å². The zero-order valence-electron chi connectivity index (χ0n) is 9.30. The van der Waals surface area contributed by atoms with E-state index in [0.717, 1.165) is 0 Å². The van der Waals surface area contributed by atoms with E-state index in [1.807, 2.05) is 20.8 Å². The Kier molecular flexibility index (Phi) is 3.45. The van der Waals surface area contributed by atoms with Gasteiger partial charge in [0.25, 0.3) is 5.91 Å². The predicted octanol–water partition coefficient (Wildman–Crippen LogP) is 2.60. The first kappa shape index (κ1) is 11.7. The first-order chi connectivity index (χ1) is 6.88. The highest BCUT2D eigenvalue weighted by Gasteiger charge is 2.12. The molecule has 0 unspecified atom stereocenters. The summed E-state index contributed by atoms with van der Waals surface area (Å²) in [6, 6.07) is 5.53. The normalized spacial score (nSPS) is 11.2. The molecule has 1 aromatic rings. The van der Waals surface area contributed by atoms with Gasteiger partial charge in [0.2, 0.25) is 0 Å². The number of rotatable bonds is 2. The average Bonchev–Trinajstić information content (AvgIpc) is 2.14. The second kappa shape index (κ2) is 4.43. The molecule has 0 spiro atoms. The van der Waals surface area contributed by atoms with Crippen molar-refractivity contribution in [2.45, 2.75) is 20.8 Å². The molecule has 0 bridgehead atoms. The minimum absolute atomic E-state index is 0.0513. The standard InChI is InChI=1S/C12H16FNO/c1-12(2,3)8-14-11(15)9-4-6-10(13)7-5-9/h4-7H,8H2,1-3H3,(H,14,15). The third-order valence-corrected chi connectivity index (χ3v) is 1.89. The molecule has 15 heavy (non-hydrogen) atoms. The maximum atomic E-state index is 12.6. The Morgan fingerprint density at radius 1 is 1.27 bits per heavy atom. The van der Waals surface area contributed by atoms with Crippen LogP contribution in [0, 0.1) is 11.2 Å². The van der Waals surface area contributed by atoms with Crippen LogP contribution in [0.25, 0.3) is 0 Å². The molecular weight excluding hydrogens is 193 g/mol. The highest BCUT2D eigenvalue weighted by Crippen LogP contribution is 2.11. The molecule has 2 nitrogen and oxygen atoms in total. The molecule has 0 saturated carbocycles. The molecule has 1 rings (SSSR count). The second-order valence-electron chi connectivity index (χ2n) is 4.75. The van der Waals surface area contributed by atoms with Crippen molar-refractivity contribution >= 4 is 5.91 Å². The largest absolute Gasteiger partial charge is 0.352 e. The summed E-state index contributed by atoms with van der Waals surface area (Å²) in [5.41, 5.74) is 0.538. The molecule has 0 radical (unpaired) electrons. The SMILES string of the molecule is CC(C)(C)CNC(=O)c1ccc(F)cc1. The highest BCUT2D eigenvalue weighted by atomic mass is 19.1. The molecule has 1 amide bonds. The van der Waals surface area contributed by atoms with Crippen molar-refractivity contribution in [2.75, 3.05) is 6.54 Å². The van der Waals surface area contributed by atoms with E-state index in [9.17, 15) is 9.18 Å². The predicted molar refractivity (Wildman–Crippen MR) is 58.2 cm³/mol. The summed E-state index contributed by atoms with van der Waals surface area (Å²) in [4.78, 5) is 11.6. The molecule has 1 N–H and O–H groups in total. The third-order valence-electron chi connectivity index (χ3n) is 1.89. The fourth-order valence-electron chi connectivity index (χ4n) is 1.05. The van der Waals surface area contributed by atoms with Crippen molar-refractivity contribution < 1.29 is 9.18 Å². The van der Waals surface area contributed by atoms with Crippen LogP contribution in [0.3, 0.4) is 0 Å². The third kappa shape index (κ3) is 4.11. The zero-order chi connectivity index (χ0) is 11.5. The van der Waals surface area contributed by atoms with Crippen molar-refractivity contribution in [3.63, 3.8) is 0 Å². The van der Waals surface area contributed by atoms with E-state index in [4.69, 9.17) is 0 Å². The molecular formula is C12H16FNO. The van der Waals surface area contributed by atoms with Crippen molar-refractivity contribution in [3.8, 4) is 0 Å². The van der Waals surface area contributed by atoms with Crippen LogP contribution < -0.4 is 5.32 Å². The summed E-state index contributed by atoms with van der Waals surface area (Å²) in [5.74, 6) is -0.493. The first-order valence-corrected chi connectivity index (χ1v) is 4.92. The Hall–Kier alpha value is -1.38. The maximum Gasteiger partial charge on any atom is 0.251 e. The van der Waals surface area contributed by atoms with Crippen LogP contribution in [-0.2, 0) is 0 Å². The number of nitrogens with one attached hydrogen (secondary N) is 1. The number of hydrogen-bond donors (Lipinski definition) is 1. The Bertz CT molecular complexity index is 338. The van der Waals surface area contributed by atoms with E-state index in [1.165, 1.54) is 24.3 Å². The van der Waals surface area contributed by atoms with E-state index < -0.39 is 0 Å². The van der Waals surface area contributed by atoms with Gasteiger partial charge in [-0.3, -0.25) is 4.79 Å². The number of amides is 1. The molecule has 0 atom stereocenters. The number of benzene rings is 1. The van der Waals surface area contributed by atoms with Gasteiger partial charge in [-0.1, -0.05) is 20.8 Å². The Labute approximate surface area is 89.5 Å². The Balaban J connectivity index is 2.58. The minimum atomic E-state index is -0.331. The van der Waals surface area contributed by atoms with Gasteiger partial charge in [0, 0.05) is 12.1 Å². The highest BCUT2D eigenvalue weighted by molar-refractivity contribution is 5.94. The van der Waals surface area contributed by atoms with Crippen molar-refractivity contribution in [2.24, 2.45) is 5.41 Å². The Morgan fingerprint density at radius 3 is 2.27 bits per heavy atom. The lowest BCUT2D eigenvalue weighted by Gasteiger charge is -2.18. The summed E-state index contributed by atoms with van der Waals surface area (Å²) in [7, 11) is 0. The van der Waals surface area contributed by atoms with Gasteiger partial charge in [0.05, 0.1) is 0 Å². The van der Waals surface area contributed by atoms with Gasteiger partial charge in [0.1, 0.15) is 5.82 Å². The summed E-state index contributed by atoms with van der Waals surface area (Å²) in [6.45, 7) is 6.72. The van der Waals surface area contributed by atoms with Gasteiger partial charge in [-0.2, -0.15) is 0 Å². The molecule has 0 aromatic heterocycles. The topological polar surface area (TPSA) is 29.1 Å². The lowest BCUT2D eigenvalue weighted by Crippen LogP contribution is -2.32. The first-order valence-electron chi connectivity index (χ1n) is 4.92. The fourth-order valence-corrected chi connectivity index (χ4v) is 1.05. The molecule has 0 fully saturated rings. The van der Waals surface area contributed by atoms with Crippen LogP contribution in [0.5, 0.6) is 0 Å². The fraction of sp³-hybridized carbons (Fsp3) is 0.417. The molecule has 0 saturated heterocycles. The summed E-state index contributed by atoms with van der Waals surface area (Å²) in [6.07, 6.45) is 0. The second-order valence-corrected chi connectivity index (χ2v) is 4.75. The lowest BCUT2D eigenvalue weighted by atomic mass is 9.97. The molecule has 0 aliphatic heterocycles. The van der Waals surface area contributed by atoms with E-state index in [-0.39, 0.29) is 17.1 Å². The molecule has 0 aliphatic rings. The van der Waals surface area contributed by atoms with Crippen LogP contribution in [-0.4, -0.2) is 12.5 Å². The van der Waals surface area contributed by atoms with Gasteiger partial charge in [-0.25, -0.2) is 4.39 Å².